The van der Waals surface area contributed by atoms with Gasteiger partial charge in [0.15, 0.2) is 17.3 Å². The Hall–Kier alpha value is -3.46. The van der Waals surface area contributed by atoms with Crippen molar-refractivity contribution in [2.45, 2.75) is 25.6 Å². The highest BCUT2D eigenvalue weighted by Gasteiger charge is 2.33. The molecule has 1 atom stereocenters. The molecule has 210 valence electrons. The smallest absolute Gasteiger partial charge is 0.434 e. The van der Waals surface area contributed by atoms with Gasteiger partial charge in [-0.25, -0.2) is 23.1 Å². The van der Waals surface area contributed by atoms with Gasteiger partial charge in [-0.05, 0) is 43.6 Å². The van der Waals surface area contributed by atoms with Crippen LogP contribution in [-0.2, 0) is 6.18 Å². The molecule has 0 radical (unpaired) electrons. The average Bonchev–Trinajstić information content (AvgIpc) is 3.51. The number of anilines is 3. The zero-order valence-electron chi connectivity index (χ0n) is 20.6. The molecule has 2 aromatic heterocycles. The Bertz CT molecular complexity index is 1290. The number of nitrogens with zero attached hydrogens (tertiary/aromatic N) is 4. The number of aryl methyl sites for hydroxylation is 1. The van der Waals surface area contributed by atoms with Crippen LogP contribution in [0.15, 0.2) is 30.6 Å². The van der Waals surface area contributed by atoms with Crippen LogP contribution in [0.4, 0.5) is 42.8 Å². The first kappa shape index (κ1) is 28.5. The van der Waals surface area contributed by atoms with Crippen LogP contribution in [0.5, 0.6) is 5.75 Å². The van der Waals surface area contributed by atoms with E-state index < -0.39 is 43.0 Å². The number of hydrogen-bond acceptors (Lipinski definition) is 8. The lowest BCUT2D eigenvalue weighted by molar-refractivity contribution is -0.141. The van der Waals surface area contributed by atoms with Gasteiger partial charge in [-0.2, -0.15) is 17.5 Å². The van der Waals surface area contributed by atoms with Crippen LogP contribution < -0.4 is 15.4 Å². The molecule has 1 aromatic carbocycles. The second-order valence-corrected chi connectivity index (χ2v) is 9.68. The molecule has 8 nitrogen and oxygen atoms in total. The van der Waals surface area contributed by atoms with Crippen molar-refractivity contribution in [1.29, 1.82) is 0 Å². The number of alkyl halides is 5. The Balaban J connectivity index is 1.40. The van der Waals surface area contributed by atoms with Gasteiger partial charge >= 0.3 is 6.18 Å². The Kier molecular flexibility index (Phi) is 8.90. The maximum atomic E-state index is 14.4. The van der Waals surface area contributed by atoms with Gasteiger partial charge in [-0.1, -0.05) is 0 Å². The number of aromatic nitrogens is 3. The Morgan fingerprint density at radius 3 is 2.67 bits per heavy atom. The van der Waals surface area contributed by atoms with E-state index in [0.717, 1.165) is 23.8 Å². The number of hydrogen-bond donors (Lipinski definition) is 2. The summed E-state index contributed by atoms with van der Waals surface area (Å²) in [5, 5.41) is 5.61. The fourth-order valence-electron chi connectivity index (χ4n) is 4.04. The molecular weight excluding hydrogens is 550 g/mol. The first-order chi connectivity index (χ1) is 18.6. The molecule has 3 heterocycles. The number of amides is 1. The van der Waals surface area contributed by atoms with Gasteiger partial charge in [0, 0.05) is 24.2 Å². The molecule has 1 aliphatic heterocycles. The third-order valence-electron chi connectivity index (χ3n) is 6.13. The molecule has 0 spiro atoms. The summed E-state index contributed by atoms with van der Waals surface area (Å²) in [6, 6.07) is 3.00. The Morgan fingerprint density at radius 1 is 1.23 bits per heavy atom. The third-order valence-corrected chi connectivity index (χ3v) is 6.98. The third kappa shape index (κ3) is 6.95. The molecule has 0 aliphatic carbocycles. The van der Waals surface area contributed by atoms with E-state index in [1.165, 1.54) is 12.1 Å². The zero-order chi connectivity index (χ0) is 28.2. The molecule has 0 bridgehead atoms. The SMILES string of the molecule is Cc1nsc(Nc2cnc(C(F)(F)F)cn2)c1C(=O)Nc1ccc(F)c(OCC2CCN(C(CF)CF)C2)c1. The van der Waals surface area contributed by atoms with Gasteiger partial charge in [0.2, 0.25) is 0 Å². The van der Waals surface area contributed by atoms with Gasteiger partial charge in [0.05, 0.1) is 36.3 Å². The number of nitrogens with one attached hydrogen (secondary N) is 2. The molecule has 39 heavy (non-hydrogen) atoms. The summed E-state index contributed by atoms with van der Waals surface area (Å²) >= 11 is 0.905. The predicted octanol–water partition coefficient (Wildman–Crippen LogP) is 5.40. The molecule has 0 saturated carbocycles. The molecule has 1 saturated heterocycles. The largest absolute Gasteiger partial charge is 0.490 e. The summed E-state index contributed by atoms with van der Waals surface area (Å²) in [7, 11) is 0. The molecule has 1 unspecified atom stereocenters. The number of ether oxygens (including phenoxy) is 1. The number of benzene rings is 1. The number of carbonyl (C=O) groups excluding carboxylic acids is 1. The van der Waals surface area contributed by atoms with E-state index in [9.17, 15) is 31.1 Å². The fourth-order valence-corrected chi connectivity index (χ4v) is 4.84. The predicted molar refractivity (Wildman–Crippen MR) is 132 cm³/mol. The molecule has 1 aliphatic rings. The topological polar surface area (TPSA) is 92.3 Å². The lowest BCUT2D eigenvalue weighted by Crippen LogP contribution is -2.37. The van der Waals surface area contributed by atoms with Crippen molar-refractivity contribution < 1.29 is 35.9 Å². The van der Waals surface area contributed by atoms with Crippen LogP contribution in [0, 0.1) is 18.7 Å². The van der Waals surface area contributed by atoms with Crippen molar-refractivity contribution in [2.75, 3.05) is 43.7 Å². The summed E-state index contributed by atoms with van der Waals surface area (Å²) in [6.45, 7) is 1.10. The minimum Gasteiger partial charge on any atom is -0.490 e. The first-order valence-corrected chi connectivity index (χ1v) is 12.6. The number of rotatable bonds is 10. The molecule has 4 rings (SSSR count). The zero-order valence-corrected chi connectivity index (χ0v) is 21.4. The number of carbonyl (C=O) groups is 1. The molecule has 1 amide bonds. The Labute approximate surface area is 223 Å². The maximum Gasteiger partial charge on any atom is 0.434 e. The van der Waals surface area contributed by atoms with E-state index in [1.54, 1.807) is 11.8 Å². The highest BCUT2D eigenvalue weighted by Crippen LogP contribution is 2.31. The average molecular weight is 575 g/mol. The number of likely N-dealkylation sites (tertiary alicyclic amines) is 1. The quantitative estimate of drug-likeness (QED) is 0.313. The normalized spacial score (nSPS) is 16.1. The van der Waals surface area contributed by atoms with E-state index in [0.29, 0.717) is 31.4 Å². The van der Waals surface area contributed by atoms with Crippen molar-refractivity contribution in [2.24, 2.45) is 5.92 Å². The monoisotopic (exact) mass is 574 g/mol. The van der Waals surface area contributed by atoms with E-state index in [1.807, 2.05) is 0 Å². The summed E-state index contributed by atoms with van der Waals surface area (Å²) < 4.78 is 88.3. The van der Waals surface area contributed by atoms with Crippen molar-refractivity contribution in [3.05, 3.63) is 53.4 Å². The van der Waals surface area contributed by atoms with Crippen molar-refractivity contribution in [1.82, 2.24) is 19.2 Å². The molecule has 15 heteroatoms. The van der Waals surface area contributed by atoms with E-state index in [2.05, 4.69) is 25.0 Å². The molecule has 1 fully saturated rings. The van der Waals surface area contributed by atoms with Crippen LogP contribution in [0.25, 0.3) is 0 Å². The first-order valence-electron chi connectivity index (χ1n) is 11.8. The molecule has 2 N–H and O–H groups in total. The number of halogens is 6. The van der Waals surface area contributed by atoms with Crippen molar-refractivity contribution in [3.63, 3.8) is 0 Å². The lowest BCUT2D eigenvalue weighted by atomic mass is 10.1. The van der Waals surface area contributed by atoms with Gasteiger partial charge < -0.3 is 15.4 Å². The van der Waals surface area contributed by atoms with Gasteiger partial charge in [0.25, 0.3) is 5.91 Å². The van der Waals surface area contributed by atoms with E-state index >= 15 is 0 Å². The van der Waals surface area contributed by atoms with E-state index in [-0.39, 0.29) is 40.3 Å². The highest BCUT2D eigenvalue weighted by molar-refractivity contribution is 7.10. The van der Waals surface area contributed by atoms with Gasteiger partial charge in [-0.15, -0.1) is 0 Å². The second-order valence-electron chi connectivity index (χ2n) is 8.90. The van der Waals surface area contributed by atoms with Crippen LogP contribution >= 0.6 is 11.5 Å². The summed E-state index contributed by atoms with van der Waals surface area (Å²) in [4.78, 5) is 21.8. The fraction of sp³-hybridized carbons (Fsp3) is 0.417. The van der Waals surface area contributed by atoms with Crippen LogP contribution in [0.2, 0.25) is 0 Å². The van der Waals surface area contributed by atoms with Crippen LogP contribution in [0.1, 0.15) is 28.2 Å². The summed E-state index contributed by atoms with van der Waals surface area (Å²) in [5.74, 6) is -1.41. The van der Waals surface area contributed by atoms with Crippen LogP contribution in [0.3, 0.4) is 0 Å². The Morgan fingerprint density at radius 2 is 2.00 bits per heavy atom. The lowest BCUT2D eigenvalue weighted by Gasteiger charge is -2.22. The molecular formula is C24H24F6N6O2S. The van der Waals surface area contributed by atoms with Gasteiger partial charge in [-0.3, -0.25) is 9.69 Å². The summed E-state index contributed by atoms with van der Waals surface area (Å²) in [6.07, 6.45) is -2.53. The minimum absolute atomic E-state index is 0.0204. The second kappa shape index (κ2) is 12.2. The van der Waals surface area contributed by atoms with Crippen molar-refractivity contribution in [3.8, 4) is 5.75 Å². The standard InChI is InChI=1S/C24H24F6N6O2S/c1-13-21(23(39-35-13)34-20-10-31-19(9-32-20)24(28,29)30)22(37)33-15-2-3-17(27)18(6-15)38-12-14-4-5-36(11-14)16(7-25)8-26/h2-3,6,9-10,14,16H,4-5,7-8,11-12H2,1H3,(H,32,34)(H,33,37). The minimum atomic E-state index is -4.64. The summed E-state index contributed by atoms with van der Waals surface area (Å²) in [5.41, 5.74) is -0.459. The van der Waals surface area contributed by atoms with Crippen LogP contribution in [-0.4, -0.2) is 64.2 Å². The van der Waals surface area contributed by atoms with Gasteiger partial charge in [0.1, 0.15) is 24.2 Å². The van der Waals surface area contributed by atoms with E-state index in [4.69, 9.17) is 4.74 Å². The highest BCUT2D eigenvalue weighted by atomic mass is 32.1. The molecule has 3 aromatic rings. The van der Waals surface area contributed by atoms with Crippen molar-refractivity contribution >= 4 is 33.9 Å². The maximum absolute atomic E-state index is 14.4.